The molecule has 0 saturated heterocycles. The second-order valence-electron chi connectivity index (χ2n) is 5.31. The Morgan fingerprint density at radius 1 is 1.30 bits per heavy atom. The highest BCUT2D eigenvalue weighted by Gasteiger charge is 2.19. The summed E-state index contributed by atoms with van der Waals surface area (Å²) < 4.78 is 5.82. The lowest BCUT2D eigenvalue weighted by Crippen LogP contribution is -2.25. The molecule has 0 spiro atoms. The highest BCUT2D eigenvalue weighted by atomic mass is 35.5. The number of hydrogen-bond acceptors (Lipinski definition) is 4. The van der Waals surface area contributed by atoms with Crippen LogP contribution in [0.3, 0.4) is 0 Å². The number of nitrogens with zero attached hydrogens (tertiary/aromatic N) is 2. The van der Waals surface area contributed by atoms with Crippen LogP contribution in [0.1, 0.15) is 35.3 Å². The number of hydrogen-bond donors (Lipinski definition) is 1. The topological polar surface area (TPSA) is 64.1 Å². The summed E-state index contributed by atoms with van der Waals surface area (Å²) in [6, 6.07) is 3.65. The fraction of sp³-hybridized carbons (Fsp3) is 0.312. The van der Waals surface area contributed by atoms with Crippen molar-refractivity contribution in [3.8, 4) is 5.75 Å². The van der Waals surface area contributed by atoms with Gasteiger partial charge in [0.1, 0.15) is 5.75 Å². The Bertz CT molecular complexity index is 700. The zero-order chi connectivity index (χ0) is 16.2. The Hall–Kier alpha value is -1.85. The van der Waals surface area contributed by atoms with Crippen LogP contribution in [-0.2, 0) is 6.54 Å². The number of halogens is 2. The summed E-state index contributed by atoms with van der Waals surface area (Å²) in [5.74, 6) is 0.406. The number of carbonyl (C=O) groups excluding carboxylic acids is 1. The van der Waals surface area contributed by atoms with E-state index in [4.69, 9.17) is 27.9 Å². The van der Waals surface area contributed by atoms with E-state index in [0.29, 0.717) is 11.8 Å². The number of amides is 1. The zero-order valence-corrected chi connectivity index (χ0v) is 13.8. The van der Waals surface area contributed by atoms with Gasteiger partial charge in [0, 0.05) is 24.7 Å². The number of pyridine rings is 2. The number of aromatic nitrogens is 2. The molecule has 1 aliphatic carbocycles. The van der Waals surface area contributed by atoms with Crippen LogP contribution in [0.15, 0.2) is 30.7 Å². The maximum atomic E-state index is 12.2. The van der Waals surface area contributed by atoms with Gasteiger partial charge in [0.2, 0.25) is 0 Å². The number of ether oxygens (including phenoxy) is 1. The van der Waals surface area contributed by atoms with Gasteiger partial charge in [-0.2, -0.15) is 0 Å². The summed E-state index contributed by atoms with van der Waals surface area (Å²) in [6.45, 7) is 0.260. The van der Waals surface area contributed by atoms with Crippen molar-refractivity contribution in [3.63, 3.8) is 0 Å². The molecule has 5 nitrogen and oxygen atoms in total. The van der Waals surface area contributed by atoms with Crippen molar-refractivity contribution < 1.29 is 9.53 Å². The van der Waals surface area contributed by atoms with E-state index < -0.39 is 0 Å². The third-order valence-electron chi connectivity index (χ3n) is 3.65. The maximum Gasteiger partial charge on any atom is 0.254 e. The van der Waals surface area contributed by atoms with Crippen LogP contribution in [0.2, 0.25) is 10.0 Å². The summed E-state index contributed by atoms with van der Waals surface area (Å²) in [5.41, 5.74) is 0.918. The minimum Gasteiger partial charge on any atom is -0.490 e. The van der Waals surface area contributed by atoms with E-state index >= 15 is 0 Å². The molecule has 2 aromatic heterocycles. The van der Waals surface area contributed by atoms with Crippen LogP contribution in [0.5, 0.6) is 5.75 Å². The third kappa shape index (κ3) is 3.92. The first-order chi connectivity index (χ1) is 11.1. The van der Waals surface area contributed by atoms with Gasteiger partial charge in [-0.05, 0) is 25.3 Å². The number of nitrogens with one attached hydrogen (secondary N) is 1. The molecule has 0 aromatic carbocycles. The van der Waals surface area contributed by atoms with Crippen LogP contribution in [0.4, 0.5) is 0 Å². The first-order valence-corrected chi connectivity index (χ1v) is 8.08. The Labute approximate surface area is 144 Å². The van der Waals surface area contributed by atoms with Gasteiger partial charge < -0.3 is 10.1 Å². The second-order valence-corrected chi connectivity index (χ2v) is 6.13. The predicted molar refractivity (Wildman–Crippen MR) is 87.9 cm³/mol. The van der Waals surface area contributed by atoms with Gasteiger partial charge in [0.05, 0.1) is 34.0 Å². The van der Waals surface area contributed by atoms with E-state index in [1.54, 1.807) is 6.20 Å². The molecule has 0 bridgehead atoms. The van der Waals surface area contributed by atoms with Gasteiger partial charge in [-0.1, -0.05) is 23.2 Å². The molecule has 1 saturated carbocycles. The van der Waals surface area contributed by atoms with Crippen LogP contribution >= 0.6 is 23.2 Å². The summed E-state index contributed by atoms with van der Waals surface area (Å²) >= 11 is 11.9. The summed E-state index contributed by atoms with van der Waals surface area (Å²) in [6.07, 6.45) is 8.13. The second kappa shape index (κ2) is 7.15. The minimum atomic E-state index is -0.366. The van der Waals surface area contributed by atoms with E-state index in [1.807, 2.05) is 12.1 Å². The van der Waals surface area contributed by atoms with Crippen LogP contribution in [-0.4, -0.2) is 22.0 Å². The molecule has 1 fully saturated rings. The first kappa shape index (κ1) is 16.0. The van der Waals surface area contributed by atoms with Gasteiger partial charge in [-0.15, -0.1) is 0 Å². The molecule has 0 aliphatic heterocycles. The monoisotopic (exact) mass is 351 g/mol. The van der Waals surface area contributed by atoms with Gasteiger partial charge in [-0.25, -0.2) is 0 Å². The zero-order valence-electron chi connectivity index (χ0n) is 12.3. The summed E-state index contributed by atoms with van der Waals surface area (Å²) in [7, 11) is 0. The molecule has 2 heterocycles. The lowest BCUT2D eigenvalue weighted by Gasteiger charge is -2.26. The third-order valence-corrected chi connectivity index (χ3v) is 4.23. The van der Waals surface area contributed by atoms with Crippen molar-refractivity contribution in [1.29, 1.82) is 0 Å². The normalized spacial score (nSPS) is 14.2. The summed E-state index contributed by atoms with van der Waals surface area (Å²) in [5, 5.41) is 3.18. The molecule has 1 amide bonds. The number of carbonyl (C=O) groups is 1. The van der Waals surface area contributed by atoms with Crippen molar-refractivity contribution >= 4 is 29.1 Å². The Balaban J connectivity index is 1.63. The molecule has 23 heavy (non-hydrogen) atoms. The molecule has 2 aromatic rings. The number of rotatable bonds is 5. The highest BCUT2D eigenvalue weighted by Crippen LogP contribution is 2.25. The maximum absolute atomic E-state index is 12.2. The standard InChI is InChI=1S/C16H15Cl2N3O2/c17-13-8-19-9-14(18)15(13)16(22)21-7-10-6-12(4-5-20-10)23-11-2-1-3-11/h4-6,8-9,11H,1-3,7H2,(H,21,22). The molecule has 3 rings (SSSR count). The van der Waals surface area contributed by atoms with Crippen molar-refractivity contribution in [2.45, 2.75) is 31.9 Å². The lowest BCUT2D eigenvalue weighted by molar-refractivity contribution is 0.0950. The average molecular weight is 352 g/mol. The smallest absolute Gasteiger partial charge is 0.254 e. The van der Waals surface area contributed by atoms with Crippen molar-refractivity contribution in [2.75, 3.05) is 0 Å². The van der Waals surface area contributed by atoms with Gasteiger partial charge in [-0.3, -0.25) is 14.8 Å². The minimum absolute atomic E-state index is 0.213. The Morgan fingerprint density at radius 2 is 2.04 bits per heavy atom. The van der Waals surface area contributed by atoms with Crippen LogP contribution < -0.4 is 10.1 Å². The fourth-order valence-corrected chi connectivity index (χ4v) is 2.73. The predicted octanol–water partition coefficient (Wildman–Crippen LogP) is 3.64. The van der Waals surface area contributed by atoms with Crippen molar-refractivity contribution in [3.05, 3.63) is 52.0 Å². The molecule has 0 unspecified atom stereocenters. The average Bonchev–Trinajstić information content (AvgIpc) is 2.49. The van der Waals surface area contributed by atoms with E-state index in [-0.39, 0.29) is 28.1 Å². The molecule has 0 atom stereocenters. The van der Waals surface area contributed by atoms with E-state index in [0.717, 1.165) is 18.6 Å². The van der Waals surface area contributed by atoms with E-state index in [2.05, 4.69) is 15.3 Å². The molecular formula is C16H15Cl2N3O2. The molecule has 1 N–H and O–H groups in total. The largest absolute Gasteiger partial charge is 0.490 e. The molecule has 120 valence electrons. The molecule has 7 heteroatoms. The SMILES string of the molecule is O=C(NCc1cc(OC2CCC2)ccn1)c1c(Cl)cncc1Cl. The fourth-order valence-electron chi connectivity index (χ4n) is 2.19. The molecule has 0 radical (unpaired) electrons. The van der Waals surface area contributed by atoms with Gasteiger partial charge >= 0.3 is 0 Å². The van der Waals surface area contributed by atoms with E-state index in [9.17, 15) is 4.79 Å². The van der Waals surface area contributed by atoms with Crippen molar-refractivity contribution in [2.24, 2.45) is 0 Å². The molecular weight excluding hydrogens is 337 g/mol. The summed E-state index contributed by atoms with van der Waals surface area (Å²) in [4.78, 5) is 20.3. The first-order valence-electron chi connectivity index (χ1n) is 7.32. The molecule has 1 aliphatic rings. The van der Waals surface area contributed by atoms with Gasteiger partial charge in [0.15, 0.2) is 0 Å². The Morgan fingerprint density at radius 3 is 2.70 bits per heavy atom. The van der Waals surface area contributed by atoms with E-state index in [1.165, 1.54) is 18.8 Å². The lowest BCUT2D eigenvalue weighted by atomic mass is 9.96. The van der Waals surface area contributed by atoms with Crippen molar-refractivity contribution in [1.82, 2.24) is 15.3 Å². The highest BCUT2D eigenvalue weighted by molar-refractivity contribution is 6.39. The quantitative estimate of drug-likeness (QED) is 0.892. The van der Waals surface area contributed by atoms with Crippen LogP contribution in [0.25, 0.3) is 0 Å². The van der Waals surface area contributed by atoms with Crippen LogP contribution in [0, 0.1) is 0 Å². The van der Waals surface area contributed by atoms with Gasteiger partial charge in [0.25, 0.3) is 5.91 Å². The Kier molecular flexibility index (Phi) is 4.98.